The van der Waals surface area contributed by atoms with Gasteiger partial charge in [0.2, 0.25) is 5.91 Å². The van der Waals surface area contributed by atoms with Gasteiger partial charge in [0.05, 0.1) is 6.04 Å². The zero-order valence-corrected chi connectivity index (χ0v) is 12.8. The second-order valence-corrected chi connectivity index (χ2v) is 6.67. The van der Waals surface area contributed by atoms with Crippen LogP contribution in [0.15, 0.2) is 12.2 Å². The lowest BCUT2D eigenvalue weighted by Gasteiger charge is -2.41. The van der Waals surface area contributed by atoms with Crippen LogP contribution in [-0.2, 0) is 4.79 Å². The number of carbonyl (C=O) groups is 1. The molecule has 3 aliphatic rings. The molecule has 3 heteroatoms. The van der Waals surface area contributed by atoms with E-state index in [0.717, 1.165) is 45.3 Å². The zero-order chi connectivity index (χ0) is 14.0. The molecule has 0 spiro atoms. The Morgan fingerprint density at radius 2 is 1.90 bits per heavy atom. The van der Waals surface area contributed by atoms with Crippen LogP contribution in [0.5, 0.6) is 0 Å². The third-order valence-electron chi connectivity index (χ3n) is 5.45. The molecule has 0 aromatic heterocycles. The summed E-state index contributed by atoms with van der Waals surface area (Å²) in [6.07, 6.45) is 13.8. The van der Waals surface area contributed by atoms with Crippen LogP contribution in [-0.4, -0.2) is 46.9 Å². The van der Waals surface area contributed by atoms with Crippen molar-refractivity contribution in [2.24, 2.45) is 0 Å². The Kier molecular flexibility index (Phi) is 4.16. The lowest BCUT2D eigenvalue weighted by Crippen LogP contribution is -2.58. The number of hydrogen-bond acceptors (Lipinski definition) is 2. The highest BCUT2D eigenvalue weighted by atomic mass is 16.2. The SMILES string of the molecule is CCCC1C=CCN1C(=O)C1(N2CCCC2)CCCC1. The van der Waals surface area contributed by atoms with Crippen molar-refractivity contribution < 1.29 is 4.79 Å². The number of nitrogens with zero attached hydrogens (tertiary/aromatic N) is 2. The molecule has 1 amide bonds. The fraction of sp³-hybridized carbons (Fsp3) is 0.824. The number of likely N-dealkylation sites (tertiary alicyclic amines) is 1. The molecule has 0 bridgehead atoms. The Bertz CT molecular complexity index is 378. The van der Waals surface area contributed by atoms with Crippen LogP contribution in [0.4, 0.5) is 0 Å². The van der Waals surface area contributed by atoms with E-state index in [0.29, 0.717) is 11.9 Å². The molecule has 1 unspecified atom stereocenters. The number of carbonyl (C=O) groups excluding carboxylic acids is 1. The monoisotopic (exact) mass is 276 g/mol. The Morgan fingerprint density at radius 3 is 2.55 bits per heavy atom. The van der Waals surface area contributed by atoms with Crippen molar-refractivity contribution in [1.29, 1.82) is 0 Å². The molecule has 1 saturated heterocycles. The van der Waals surface area contributed by atoms with E-state index in [4.69, 9.17) is 0 Å². The first kappa shape index (κ1) is 14.1. The van der Waals surface area contributed by atoms with Crippen molar-refractivity contribution in [2.75, 3.05) is 19.6 Å². The maximum absolute atomic E-state index is 13.3. The van der Waals surface area contributed by atoms with E-state index in [1.807, 2.05) is 0 Å². The molecule has 3 nitrogen and oxygen atoms in total. The molecule has 2 fully saturated rings. The molecule has 1 saturated carbocycles. The molecule has 3 rings (SSSR count). The largest absolute Gasteiger partial charge is 0.331 e. The van der Waals surface area contributed by atoms with E-state index < -0.39 is 0 Å². The molecule has 1 aliphatic carbocycles. The lowest BCUT2D eigenvalue weighted by molar-refractivity contribution is -0.144. The Balaban J connectivity index is 1.79. The summed E-state index contributed by atoms with van der Waals surface area (Å²) in [4.78, 5) is 18.0. The first-order chi connectivity index (χ1) is 9.78. The van der Waals surface area contributed by atoms with E-state index in [1.54, 1.807) is 0 Å². The van der Waals surface area contributed by atoms with Crippen LogP contribution >= 0.6 is 0 Å². The van der Waals surface area contributed by atoms with Gasteiger partial charge in [-0.2, -0.15) is 0 Å². The summed E-state index contributed by atoms with van der Waals surface area (Å²) < 4.78 is 0. The van der Waals surface area contributed by atoms with Crippen LogP contribution in [0.25, 0.3) is 0 Å². The highest BCUT2D eigenvalue weighted by Crippen LogP contribution is 2.40. The van der Waals surface area contributed by atoms with Crippen molar-refractivity contribution in [1.82, 2.24) is 9.80 Å². The normalized spacial score (nSPS) is 29.4. The van der Waals surface area contributed by atoms with Crippen molar-refractivity contribution in [2.45, 2.75) is 69.9 Å². The predicted octanol–water partition coefficient (Wildman–Crippen LogP) is 2.96. The highest BCUT2D eigenvalue weighted by molar-refractivity contribution is 5.87. The van der Waals surface area contributed by atoms with Crippen molar-refractivity contribution in [3.63, 3.8) is 0 Å². The highest BCUT2D eigenvalue weighted by Gasteiger charge is 2.49. The van der Waals surface area contributed by atoms with Gasteiger partial charge in [-0.1, -0.05) is 38.3 Å². The third kappa shape index (κ3) is 2.30. The smallest absolute Gasteiger partial charge is 0.243 e. The summed E-state index contributed by atoms with van der Waals surface area (Å²) in [5, 5.41) is 0. The van der Waals surface area contributed by atoms with Crippen LogP contribution in [0, 0.1) is 0 Å². The molecule has 1 atom stereocenters. The quantitative estimate of drug-likeness (QED) is 0.737. The first-order valence-corrected chi connectivity index (χ1v) is 8.51. The molecule has 112 valence electrons. The van der Waals surface area contributed by atoms with Gasteiger partial charge in [0.15, 0.2) is 0 Å². The van der Waals surface area contributed by atoms with Crippen molar-refractivity contribution in [3.8, 4) is 0 Å². The second-order valence-electron chi connectivity index (χ2n) is 6.67. The molecule has 2 heterocycles. The summed E-state index contributed by atoms with van der Waals surface area (Å²) in [5.41, 5.74) is -0.144. The molecule has 0 aromatic rings. The third-order valence-corrected chi connectivity index (χ3v) is 5.45. The summed E-state index contributed by atoms with van der Waals surface area (Å²) in [6, 6.07) is 0.354. The van der Waals surface area contributed by atoms with Gasteiger partial charge in [-0.05, 0) is 45.2 Å². The van der Waals surface area contributed by atoms with E-state index in [-0.39, 0.29) is 5.54 Å². The molecular formula is C17H28N2O. The molecule has 2 aliphatic heterocycles. The topological polar surface area (TPSA) is 23.6 Å². The summed E-state index contributed by atoms with van der Waals surface area (Å²) in [7, 11) is 0. The van der Waals surface area contributed by atoms with Gasteiger partial charge in [-0.25, -0.2) is 0 Å². The predicted molar refractivity (Wildman–Crippen MR) is 81.6 cm³/mol. The van der Waals surface area contributed by atoms with Gasteiger partial charge in [0, 0.05) is 6.54 Å². The minimum atomic E-state index is -0.144. The Labute approximate surface area is 123 Å². The van der Waals surface area contributed by atoms with Crippen molar-refractivity contribution >= 4 is 5.91 Å². The lowest BCUT2D eigenvalue weighted by atomic mass is 9.92. The number of amides is 1. The summed E-state index contributed by atoms with van der Waals surface area (Å²) in [5.74, 6) is 0.431. The number of rotatable bonds is 4. The van der Waals surface area contributed by atoms with Crippen LogP contribution in [0.3, 0.4) is 0 Å². The van der Waals surface area contributed by atoms with E-state index in [1.165, 1.54) is 25.7 Å². The average Bonchev–Trinajstić information content (AvgIpc) is 3.20. The Morgan fingerprint density at radius 1 is 1.20 bits per heavy atom. The standard InChI is InChI=1S/C17H28N2O/c1-2-8-15-9-7-14-19(15)16(20)17(10-3-4-11-17)18-12-5-6-13-18/h7,9,15H,2-6,8,10-14H2,1H3. The minimum Gasteiger partial charge on any atom is -0.331 e. The van der Waals surface area contributed by atoms with Crippen molar-refractivity contribution in [3.05, 3.63) is 12.2 Å². The van der Waals surface area contributed by atoms with Crippen LogP contribution in [0.1, 0.15) is 58.3 Å². The van der Waals surface area contributed by atoms with Gasteiger partial charge in [-0.3, -0.25) is 9.69 Å². The molecule has 20 heavy (non-hydrogen) atoms. The maximum Gasteiger partial charge on any atom is 0.243 e. The molecule has 0 N–H and O–H groups in total. The van der Waals surface area contributed by atoms with Gasteiger partial charge < -0.3 is 4.90 Å². The minimum absolute atomic E-state index is 0.144. The van der Waals surface area contributed by atoms with E-state index >= 15 is 0 Å². The van der Waals surface area contributed by atoms with Gasteiger partial charge in [0.25, 0.3) is 0 Å². The second kappa shape index (κ2) is 5.88. The Hall–Kier alpha value is -0.830. The van der Waals surface area contributed by atoms with E-state index in [2.05, 4.69) is 28.9 Å². The zero-order valence-electron chi connectivity index (χ0n) is 12.8. The summed E-state index contributed by atoms with van der Waals surface area (Å²) >= 11 is 0. The molecule has 0 aromatic carbocycles. The van der Waals surface area contributed by atoms with Gasteiger partial charge in [-0.15, -0.1) is 0 Å². The maximum atomic E-state index is 13.3. The van der Waals surface area contributed by atoms with Crippen LogP contribution in [0.2, 0.25) is 0 Å². The molecular weight excluding hydrogens is 248 g/mol. The van der Waals surface area contributed by atoms with E-state index in [9.17, 15) is 4.79 Å². The fourth-order valence-electron chi connectivity index (χ4n) is 4.39. The first-order valence-electron chi connectivity index (χ1n) is 8.51. The summed E-state index contributed by atoms with van der Waals surface area (Å²) in [6.45, 7) is 5.30. The van der Waals surface area contributed by atoms with Crippen LogP contribution < -0.4 is 0 Å². The number of hydrogen-bond donors (Lipinski definition) is 0. The molecule has 0 radical (unpaired) electrons. The average molecular weight is 276 g/mol. The fourth-order valence-corrected chi connectivity index (χ4v) is 4.39. The van der Waals surface area contributed by atoms with Gasteiger partial charge in [0.1, 0.15) is 5.54 Å². The van der Waals surface area contributed by atoms with Gasteiger partial charge >= 0.3 is 0 Å².